The number of carbonyl (C=O) groups is 2. The second kappa shape index (κ2) is 12.2. The van der Waals surface area contributed by atoms with Gasteiger partial charge < -0.3 is 10.6 Å². The Kier molecular flexibility index (Phi) is 8.06. The van der Waals surface area contributed by atoms with Gasteiger partial charge in [-0.2, -0.15) is 10.2 Å². The molecule has 2 amide bonds. The predicted octanol–water partition coefficient (Wildman–Crippen LogP) is 5.01. The van der Waals surface area contributed by atoms with Crippen molar-refractivity contribution in [1.82, 2.24) is 34.8 Å². The van der Waals surface area contributed by atoms with Crippen LogP contribution in [0.25, 0.3) is 22.5 Å². The first-order valence-electron chi connectivity index (χ1n) is 14.9. The summed E-state index contributed by atoms with van der Waals surface area (Å²) in [5, 5.41) is 14.6. The lowest BCUT2D eigenvalue weighted by atomic mass is 9.90. The van der Waals surface area contributed by atoms with Gasteiger partial charge in [0.1, 0.15) is 11.7 Å². The molecule has 0 unspecified atom stereocenters. The van der Waals surface area contributed by atoms with Crippen molar-refractivity contribution in [2.45, 2.75) is 51.5 Å². The maximum atomic E-state index is 14.0. The first kappa shape index (κ1) is 29.0. The van der Waals surface area contributed by atoms with Gasteiger partial charge in [0.2, 0.25) is 5.91 Å². The lowest BCUT2D eigenvalue weighted by Crippen LogP contribution is -2.47. The van der Waals surface area contributed by atoms with Crippen LogP contribution in [0.1, 0.15) is 58.6 Å². The lowest BCUT2D eigenvalue weighted by molar-refractivity contribution is -0.118. The third-order valence-corrected chi connectivity index (χ3v) is 8.33. The molecule has 2 atom stereocenters. The molecule has 1 aliphatic rings. The first-order valence-corrected chi connectivity index (χ1v) is 14.9. The second-order valence-corrected chi connectivity index (χ2v) is 11.4. The summed E-state index contributed by atoms with van der Waals surface area (Å²) in [6.45, 7) is 4.14. The van der Waals surface area contributed by atoms with Gasteiger partial charge in [-0.15, -0.1) is 0 Å². The number of aryl methyl sites for hydroxylation is 5. The number of rotatable bonds is 9. The van der Waals surface area contributed by atoms with Gasteiger partial charge in [-0.25, -0.2) is 4.98 Å². The van der Waals surface area contributed by atoms with Gasteiger partial charge in [-0.1, -0.05) is 37.6 Å². The molecular weight excluding hydrogens is 552 g/mol. The second-order valence-electron chi connectivity index (χ2n) is 11.4. The number of hydrogen-bond acceptors (Lipinski definition) is 6. The number of carbonyl (C=O) groups excluding carboxylic acids is 2. The van der Waals surface area contributed by atoms with Crippen molar-refractivity contribution in [3.63, 3.8) is 0 Å². The Morgan fingerprint density at radius 1 is 0.977 bits per heavy atom. The zero-order valence-electron chi connectivity index (χ0n) is 25.4. The molecule has 224 valence electrons. The summed E-state index contributed by atoms with van der Waals surface area (Å²) in [6.07, 6.45) is 10.4. The van der Waals surface area contributed by atoms with Crippen molar-refractivity contribution in [3.8, 4) is 22.5 Å². The summed E-state index contributed by atoms with van der Waals surface area (Å²) in [6, 6.07) is 14.8. The van der Waals surface area contributed by atoms with E-state index in [4.69, 9.17) is 4.98 Å². The van der Waals surface area contributed by atoms with Crippen LogP contribution in [-0.2, 0) is 31.7 Å². The Labute approximate surface area is 256 Å². The van der Waals surface area contributed by atoms with Gasteiger partial charge in [0, 0.05) is 49.2 Å². The van der Waals surface area contributed by atoms with Gasteiger partial charge in [0.25, 0.3) is 5.91 Å². The monoisotopic (exact) mass is 588 g/mol. The number of nitrogens with zero attached hydrogens (tertiary/aromatic N) is 6. The van der Waals surface area contributed by atoms with Crippen molar-refractivity contribution in [1.29, 1.82) is 0 Å². The molecule has 0 saturated heterocycles. The topological polar surface area (TPSA) is 120 Å². The van der Waals surface area contributed by atoms with Gasteiger partial charge in [-0.05, 0) is 67.1 Å². The lowest BCUT2D eigenvalue weighted by Gasteiger charge is -2.25. The summed E-state index contributed by atoms with van der Waals surface area (Å²) in [5.41, 5.74) is 9.03. The molecule has 3 heterocycles. The van der Waals surface area contributed by atoms with Crippen LogP contribution in [0.5, 0.6) is 0 Å². The van der Waals surface area contributed by atoms with Crippen LogP contribution in [0.3, 0.4) is 0 Å². The van der Waals surface area contributed by atoms with Crippen molar-refractivity contribution >= 4 is 17.5 Å². The van der Waals surface area contributed by atoms with E-state index in [0.717, 1.165) is 65.0 Å². The van der Waals surface area contributed by atoms with E-state index in [-0.39, 0.29) is 17.7 Å². The summed E-state index contributed by atoms with van der Waals surface area (Å²) in [7, 11) is 3.62. The number of nitrogens with one attached hydrogen (secondary N) is 2. The molecule has 2 N–H and O–H groups in total. The molecule has 1 aliphatic carbocycles. The van der Waals surface area contributed by atoms with Gasteiger partial charge >= 0.3 is 0 Å². The Bertz CT molecular complexity index is 1800. The maximum absolute atomic E-state index is 14.0. The predicted molar refractivity (Wildman–Crippen MR) is 169 cm³/mol. The number of amides is 2. The smallest absolute Gasteiger partial charge is 0.270 e. The van der Waals surface area contributed by atoms with Crippen molar-refractivity contribution < 1.29 is 9.59 Å². The summed E-state index contributed by atoms with van der Waals surface area (Å²) < 4.78 is 3.34. The van der Waals surface area contributed by atoms with E-state index >= 15 is 0 Å². The van der Waals surface area contributed by atoms with Crippen LogP contribution in [0.2, 0.25) is 0 Å². The fourth-order valence-electron chi connectivity index (χ4n) is 6.12. The number of hydrogen-bond donors (Lipinski definition) is 2. The third-order valence-electron chi connectivity index (χ3n) is 8.33. The standard InChI is InChI=1S/C34H36N8O2/c1-5-6-26-19-35-20-29(38-26)24-8-7-22-11-14-27(28(22)17-24)31(40-33(43)30-15-16-36-41(30)3)34(44)39-25-12-9-23(10-13-25)32-21(2)18-37-42(32)4/h7-10,12-13,15-20,27,31H,5-6,11,14H2,1-4H3,(H,39,44)(H,40,43)/t27-,31+/m1/s1. The molecule has 0 aliphatic heterocycles. The van der Waals surface area contributed by atoms with Crippen LogP contribution in [-0.4, -0.2) is 47.4 Å². The summed E-state index contributed by atoms with van der Waals surface area (Å²) >= 11 is 0. The molecular formula is C34H36N8O2. The summed E-state index contributed by atoms with van der Waals surface area (Å²) in [5.74, 6) is -0.863. The Hall–Kier alpha value is -5.12. The van der Waals surface area contributed by atoms with E-state index in [1.165, 1.54) is 10.2 Å². The fraction of sp³-hybridized carbons (Fsp3) is 0.294. The number of aromatic nitrogens is 6. The van der Waals surface area contributed by atoms with Crippen LogP contribution >= 0.6 is 0 Å². The molecule has 0 spiro atoms. The molecule has 6 rings (SSSR count). The highest BCUT2D eigenvalue weighted by Crippen LogP contribution is 2.38. The quantitative estimate of drug-likeness (QED) is 0.250. The van der Waals surface area contributed by atoms with E-state index in [1.807, 2.05) is 55.3 Å². The van der Waals surface area contributed by atoms with Gasteiger partial charge in [0.05, 0.1) is 29.5 Å². The van der Waals surface area contributed by atoms with E-state index in [2.05, 4.69) is 50.9 Å². The average Bonchev–Trinajstić information content (AvgIpc) is 3.74. The molecule has 5 aromatic rings. The zero-order chi connectivity index (χ0) is 30.8. The number of benzene rings is 2. The molecule has 10 heteroatoms. The normalized spacial score (nSPS) is 14.7. The minimum atomic E-state index is -0.814. The molecule has 0 saturated carbocycles. The minimum Gasteiger partial charge on any atom is -0.338 e. The van der Waals surface area contributed by atoms with Gasteiger partial charge in [-0.3, -0.25) is 23.9 Å². The third kappa shape index (κ3) is 5.75. The molecule has 0 fully saturated rings. The summed E-state index contributed by atoms with van der Waals surface area (Å²) in [4.78, 5) is 36.7. The van der Waals surface area contributed by atoms with Crippen LogP contribution in [0.15, 0.2) is 73.3 Å². The highest BCUT2D eigenvalue weighted by Gasteiger charge is 2.36. The highest BCUT2D eigenvalue weighted by atomic mass is 16.2. The highest BCUT2D eigenvalue weighted by molar-refractivity contribution is 6.01. The average molecular weight is 589 g/mol. The van der Waals surface area contributed by atoms with Crippen LogP contribution < -0.4 is 10.6 Å². The van der Waals surface area contributed by atoms with Crippen LogP contribution in [0.4, 0.5) is 5.69 Å². The first-order chi connectivity index (χ1) is 21.3. The molecule has 10 nitrogen and oxygen atoms in total. The molecule has 3 aromatic heterocycles. The van der Waals surface area contributed by atoms with Gasteiger partial charge in [0.15, 0.2) is 0 Å². The Morgan fingerprint density at radius 3 is 2.48 bits per heavy atom. The Morgan fingerprint density at radius 2 is 1.77 bits per heavy atom. The van der Waals surface area contributed by atoms with E-state index in [9.17, 15) is 9.59 Å². The fourth-order valence-corrected chi connectivity index (χ4v) is 6.12. The molecule has 2 aromatic carbocycles. The maximum Gasteiger partial charge on any atom is 0.270 e. The van der Waals surface area contributed by atoms with Crippen molar-refractivity contribution in [2.24, 2.45) is 14.1 Å². The SMILES string of the molecule is CCCc1cncc(-c2ccc3c(c2)[C@H]([C@H](NC(=O)c2ccnn2C)C(=O)Nc2ccc(-c4c(C)cnn4C)cc2)CC3)n1. The van der Waals surface area contributed by atoms with E-state index in [1.54, 1.807) is 25.5 Å². The van der Waals surface area contributed by atoms with E-state index < -0.39 is 6.04 Å². The van der Waals surface area contributed by atoms with Crippen molar-refractivity contribution in [3.05, 3.63) is 101 Å². The minimum absolute atomic E-state index is 0.231. The number of fused-ring (bicyclic) bond motifs is 1. The van der Waals surface area contributed by atoms with Crippen LogP contribution in [0, 0.1) is 6.92 Å². The van der Waals surface area contributed by atoms with E-state index in [0.29, 0.717) is 11.4 Å². The Balaban J connectivity index is 1.30. The molecule has 44 heavy (non-hydrogen) atoms. The van der Waals surface area contributed by atoms with Crippen molar-refractivity contribution in [2.75, 3.05) is 5.32 Å². The number of anilines is 1. The zero-order valence-corrected chi connectivity index (χ0v) is 25.4. The largest absolute Gasteiger partial charge is 0.338 e. The molecule has 0 bridgehead atoms. The molecule has 0 radical (unpaired) electrons.